The zero-order valence-electron chi connectivity index (χ0n) is 19.8. The van der Waals surface area contributed by atoms with Gasteiger partial charge in [0.05, 0.1) is 12.1 Å². The molecule has 1 aliphatic heterocycles. The summed E-state index contributed by atoms with van der Waals surface area (Å²) in [6.45, 7) is 3.44. The van der Waals surface area contributed by atoms with Crippen LogP contribution in [0.2, 0.25) is 0 Å². The van der Waals surface area contributed by atoms with Gasteiger partial charge in [-0.2, -0.15) is 13.2 Å². The molecule has 1 N–H and O–H groups in total. The molecule has 7 nitrogen and oxygen atoms in total. The molecule has 2 aromatic heterocycles. The highest BCUT2D eigenvalue weighted by Crippen LogP contribution is 2.54. The van der Waals surface area contributed by atoms with Crippen LogP contribution in [0.15, 0.2) is 59.4 Å². The minimum absolute atomic E-state index is 0.0343. The Morgan fingerprint density at radius 3 is 2.67 bits per heavy atom. The van der Waals surface area contributed by atoms with E-state index in [1.165, 1.54) is 17.4 Å². The summed E-state index contributed by atoms with van der Waals surface area (Å²) in [5.74, 6) is 0.514. The number of carboxylic acid groups (broad SMARTS) is 1. The lowest BCUT2D eigenvalue weighted by atomic mass is 9.55. The van der Waals surface area contributed by atoms with E-state index in [1.807, 2.05) is 35.2 Å². The van der Waals surface area contributed by atoms with E-state index >= 15 is 0 Å². The third-order valence-corrected chi connectivity index (χ3v) is 7.82. The van der Waals surface area contributed by atoms with Crippen molar-refractivity contribution in [2.45, 2.75) is 44.9 Å². The number of benzene rings is 1. The minimum Gasteiger partial charge on any atom is -0.465 e. The van der Waals surface area contributed by atoms with E-state index in [9.17, 15) is 23.1 Å². The van der Waals surface area contributed by atoms with Crippen LogP contribution in [0.5, 0.6) is 0 Å². The van der Waals surface area contributed by atoms with E-state index in [0.717, 1.165) is 37.0 Å². The van der Waals surface area contributed by atoms with Gasteiger partial charge in [0, 0.05) is 36.5 Å². The van der Waals surface area contributed by atoms with E-state index in [2.05, 4.69) is 17.1 Å². The number of hydrogen-bond donors (Lipinski definition) is 1. The van der Waals surface area contributed by atoms with E-state index in [-0.39, 0.29) is 23.9 Å². The van der Waals surface area contributed by atoms with Crippen LogP contribution >= 0.6 is 0 Å². The first-order valence-corrected chi connectivity index (χ1v) is 11.9. The second kappa shape index (κ2) is 9.15. The van der Waals surface area contributed by atoms with Gasteiger partial charge in [-0.1, -0.05) is 42.4 Å². The van der Waals surface area contributed by atoms with Gasteiger partial charge in [0.25, 0.3) is 0 Å². The summed E-state index contributed by atoms with van der Waals surface area (Å²) in [4.78, 5) is 19.7. The molecular formula is C26H27F3N4O3. The lowest BCUT2D eigenvalue weighted by molar-refractivity contribution is -0.137. The van der Waals surface area contributed by atoms with Crippen molar-refractivity contribution in [1.82, 2.24) is 15.0 Å². The van der Waals surface area contributed by atoms with Crippen LogP contribution in [-0.4, -0.2) is 45.4 Å². The summed E-state index contributed by atoms with van der Waals surface area (Å²) in [6.07, 6.45) is -0.493. The molecule has 1 saturated heterocycles. The molecular weight excluding hydrogens is 473 g/mol. The molecule has 10 heteroatoms. The summed E-state index contributed by atoms with van der Waals surface area (Å²) in [6, 6.07) is 11.4. The molecule has 3 aromatic rings. The summed E-state index contributed by atoms with van der Waals surface area (Å²) in [5, 5.41) is 14.0. The average molecular weight is 501 g/mol. The molecule has 1 amide bonds. The lowest BCUT2D eigenvalue weighted by Crippen LogP contribution is -2.59. The Bertz CT molecular complexity index is 1220. The van der Waals surface area contributed by atoms with E-state index in [0.29, 0.717) is 30.2 Å². The van der Waals surface area contributed by atoms with Gasteiger partial charge in [0.15, 0.2) is 0 Å². The summed E-state index contributed by atoms with van der Waals surface area (Å²) in [7, 11) is 0. The number of pyridine rings is 1. The van der Waals surface area contributed by atoms with Crippen LogP contribution in [0.3, 0.4) is 0 Å². The Hall–Kier alpha value is -3.56. The number of alkyl halides is 3. The highest BCUT2D eigenvalue weighted by molar-refractivity contribution is 5.67. The maximum absolute atomic E-state index is 13.1. The maximum Gasteiger partial charge on any atom is 0.416 e. The van der Waals surface area contributed by atoms with Crippen molar-refractivity contribution in [3.8, 4) is 11.3 Å². The van der Waals surface area contributed by atoms with Gasteiger partial charge >= 0.3 is 12.3 Å². The molecule has 0 radical (unpaired) electrons. The monoisotopic (exact) mass is 500 g/mol. The normalized spacial score (nSPS) is 23.9. The maximum atomic E-state index is 13.1. The number of halogens is 3. The smallest absolute Gasteiger partial charge is 0.416 e. The molecule has 2 fully saturated rings. The number of amides is 1. The molecule has 5 rings (SSSR count). The Morgan fingerprint density at radius 2 is 2.00 bits per heavy atom. The first-order chi connectivity index (χ1) is 17.2. The quantitative estimate of drug-likeness (QED) is 0.468. The van der Waals surface area contributed by atoms with Crippen LogP contribution in [0, 0.1) is 11.3 Å². The van der Waals surface area contributed by atoms with Crippen LogP contribution < -0.4 is 4.90 Å². The standard InChI is InChI=1S/C26H27F3N4O3/c1-17-14-32(22-11-20(7-9-30-22)26(27,28)29)10-8-25(17)12-21(13-25)33(24(34)35)15-19-16-36-31-23(19)18-5-3-2-4-6-18/h2-7,9,11,16-17,21H,8,10,12-15H2,1H3,(H,34,35). The molecule has 1 aliphatic carbocycles. The fourth-order valence-electron chi connectivity index (χ4n) is 5.64. The van der Waals surface area contributed by atoms with Crippen LogP contribution in [0.4, 0.5) is 23.8 Å². The van der Waals surface area contributed by atoms with Gasteiger partial charge in [-0.15, -0.1) is 0 Å². The van der Waals surface area contributed by atoms with Gasteiger partial charge in [-0.05, 0) is 42.7 Å². The SMILES string of the molecule is CC1CN(c2cc(C(F)(F)F)ccn2)CCC12CC(N(Cc1conc1-c1ccccc1)C(=O)O)C2. The summed E-state index contributed by atoms with van der Waals surface area (Å²) >= 11 is 0. The van der Waals surface area contributed by atoms with Gasteiger partial charge in [-0.25, -0.2) is 9.78 Å². The van der Waals surface area contributed by atoms with Crippen LogP contribution in [0.25, 0.3) is 11.3 Å². The Balaban J connectivity index is 1.25. The molecule has 190 valence electrons. The van der Waals surface area contributed by atoms with Crippen molar-refractivity contribution < 1.29 is 27.6 Å². The van der Waals surface area contributed by atoms with Crippen molar-refractivity contribution in [3.63, 3.8) is 0 Å². The highest BCUT2D eigenvalue weighted by Gasteiger charge is 2.52. The third kappa shape index (κ3) is 4.52. The predicted molar refractivity (Wildman–Crippen MR) is 126 cm³/mol. The molecule has 1 aromatic carbocycles. The Kier molecular flexibility index (Phi) is 6.13. The molecule has 1 spiro atoms. The molecule has 2 aliphatic rings. The fourth-order valence-corrected chi connectivity index (χ4v) is 5.64. The Morgan fingerprint density at radius 1 is 1.25 bits per heavy atom. The van der Waals surface area contributed by atoms with Gasteiger partial charge < -0.3 is 19.4 Å². The molecule has 1 unspecified atom stereocenters. The highest BCUT2D eigenvalue weighted by atomic mass is 19.4. The molecule has 36 heavy (non-hydrogen) atoms. The van der Waals surface area contributed by atoms with Gasteiger partial charge in [0.1, 0.15) is 17.8 Å². The molecule has 3 heterocycles. The molecule has 0 bridgehead atoms. The molecule has 1 saturated carbocycles. The first kappa shape index (κ1) is 24.1. The van der Waals surface area contributed by atoms with Crippen molar-refractivity contribution in [2.24, 2.45) is 11.3 Å². The van der Waals surface area contributed by atoms with Crippen molar-refractivity contribution in [3.05, 3.63) is 66.1 Å². The fraction of sp³-hybridized carbons (Fsp3) is 0.423. The number of carbonyl (C=O) groups is 1. The minimum atomic E-state index is -4.41. The number of aromatic nitrogens is 2. The van der Waals surface area contributed by atoms with Crippen molar-refractivity contribution in [1.29, 1.82) is 0 Å². The van der Waals surface area contributed by atoms with Crippen LogP contribution in [0.1, 0.15) is 37.3 Å². The molecule has 1 atom stereocenters. The van der Waals surface area contributed by atoms with E-state index < -0.39 is 17.8 Å². The number of anilines is 1. The largest absolute Gasteiger partial charge is 0.465 e. The number of hydrogen-bond acceptors (Lipinski definition) is 5. The van der Waals surface area contributed by atoms with Crippen molar-refractivity contribution >= 4 is 11.9 Å². The third-order valence-electron chi connectivity index (χ3n) is 7.82. The Labute approximate surface area is 206 Å². The van der Waals surface area contributed by atoms with Gasteiger partial charge in [-0.3, -0.25) is 0 Å². The number of piperidine rings is 1. The first-order valence-electron chi connectivity index (χ1n) is 11.9. The number of rotatable bonds is 5. The predicted octanol–water partition coefficient (Wildman–Crippen LogP) is 5.93. The van der Waals surface area contributed by atoms with Gasteiger partial charge in [0.2, 0.25) is 0 Å². The second-order valence-electron chi connectivity index (χ2n) is 9.89. The summed E-state index contributed by atoms with van der Waals surface area (Å²) in [5.41, 5.74) is 1.47. The van der Waals surface area contributed by atoms with Crippen molar-refractivity contribution in [2.75, 3.05) is 18.0 Å². The topological polar surface area (TPSA) is 82.7 Å². The number of nitrogens with zero attached hydrogens (tertiary/aromatic N) is 4. The van der Waals surface area contributed by atoms with E-state index in [4.69, 9.17) is 4.52 Å². The average Bonchev–Trinajstić information content (AvgIpc) is 3.30. The van der Waals surface area contributed by atoms with Crippen LogP contribution in [-0.2, 0) is 12.7 Å². The zero-order chi connectivity index (χ0) is 25.5. The van der Waals surface area contributed by atoms with E-state index in [1.54, 1.807) is 0 Å². The zero-order valence-corrected chi connectivity index (χ0v) is 19.8. The summed E-state index contributed by atoms with van der Waals surface area (Å²) < 4.78 is 44.6. The lowest BCUT2D eigenvalue weighted by Gasteiger charge is -2.58. The second-order valence-corrected chi connectivity index (χ2v) is 9.89.